The van der Waals surface area contributed by atoms with E-state index in [4.69, 9.17) is 10.5 Å². The molecule has 0 spiro atoms. The number of hydrogen-bond acceptors (Lipinski definition) is 4. The number of aliphatic hydroxyl groups is 1. The van der Waals surface area contributed by atoms with Crippen molar-refractivity contribution in [3.8, 4) is 5.75 Å². The zero-order valence-electron chi connectivity index (χ0n) is 13.9. The van der Waals surface area contributed by atoms with Gasteiger partial charge in [-0.15, -0.1) is 0 Å². The van der Waals surface area contributed by atoms with E-state index in [1.807, 2.05) is 0 Å². The largest absolute Gasteiger partial charge is 0.484 e. The number of carbonyl (C=O) groups is 1. The van der Waals surface area contributed by atoms with E-state index in [2.05, 4.69) is 5.32 Å². The van der Waals surface area contributed by atoms with Crippen molar-refractivity contribution in [3.63, 3.8) is 0 Å². The average Bonchev–Trinajstić information content (AvgIpc) is 2.54. The van der Waals surface area contributed by atoms with Crippen molar-refractivity contribution in [2.45, 2.75) is 55.5 Å². The number of fused-ring (bicyclic) bond motifs is 3. The molecule has 1 amide bonds. The fourth-order valence-corrected chi connectivity index (χ4v) is 3.78. The topological polar surface area (TPSA) is 84.6 Å². The van der Waals surface area contributed by atoms with Crippen LogP contribution in [0.15, 0.2) is 18.2 Å². The quantitative estimate of drug-likeness (QED) is 0.703. The first-order valence-electron chi connectivity index (χ1n) is 8.31. The van der Waals surface area contributed by atoms with Gasteiger partial charge in [-0.2, -0.15) is 13.2 Å². The van der Waals surface area contributed by atoms with E-state index in [9.17, 15) is 27.5 Å². The van der Waals surface area contributed by atoms with Crippen LogP contribution < -0.4 is 15.8 Å². The summed E-state index contributed by atoms with van der Waals surface area (Å²) in [5.74, 6) is -2.11. The Labute approximate surface area is 147 Å². The SMILES string of the molecule is NC12CCC(NC(=O)COc3ccc(C(F)(F)F)c(F)c3)(CC1)CC2O. The molecule has 3 aliphatic carbocycles. The minimum absolute atomic E-state index is 0.170. The number of hydrogen-bond donors (Lipinski definition) is 3. The van der Waals surface area contributed by atoms with Crippen LogP contribution in [0.3, 0.4) is 0 Å². The lowest BCUT2D eigenvalue weighted by atomic mass is 9.60. The predicted octanol–water partition coefficient (Wildman–Crippen LogP) is 2.11. The van der Waals surface area contributed by atoms with Crippen LogP contribution in [-0.2, 0) is 11.0 Å². The summed E-state index contributed by atoms with van der Waals surface area (Å²) in [6, 6.07) is 2.13. The summed E-state index contributed by atoms with van der Waals surface area (Å²) < 4.78 is 56.2. The van der Waals surface area contributed by atoms with Gasteiger partial charge in [0.2, 0.25) is 0 Å². The van der Waals surface area contributed by atoms with Crippen LogP contribution in [-0.4, -0.2) is 34.8 Å². The van der Waals surface area contributed by atoms with Gasteiger partial charge >= 0.3 is 6.18 Å². The summed E-state index contributed by atoms with van der Waals surface area (Å²) in [7, 11) is 0. The third-order valence-electron chi connectivity index (χ3n) is 5.41. The summed E-state index contributed by atoms with van der Waals surface area (Å²) in [5.41, 5.74) is 3.58. The highest BCUT2D eigenvalue weighted by Crippen LogP contribution is 2.45. The van der Waals surface area contributed by atoms with Crippen LogP contribution in [0.4, 0.5) is 17.6 Å². The van der Waals surface area contributed by atoms with Crippen molar-refractivity contribution in [2.75, 3.05) is 6.61 Å². The molecule has 0 heterocycles. The van der Waals surface area contributed by atoms with Gasteiger partial charge in [0.05, 0.1) is 11.7 Å². The Hall–Kier alpha value is -1.87. The van der Waals surface area contributed by atoms with E-state index in [1.54, 1.807) is 0 Å². The maximum absolute atomic E-state index is 13.5. The van der Waals surface area contributed by atoms with Crippen LogP contribution in [0.5, 0.6) is 5.75 Å². The fraction of sp³-hybridized carbons (Fsp3) is 0.588. The summed E-state index contributed by atoms with van der Waals surface area (Å²) in [6.07, 6.45) is -2.67. The van der Waals surface area contributed by atoms with Gasteiger partial charge in [-0.05, 0) is 44.2 Å². The molecule has 0 radical (unpaired) electrons. The van der Waals surface area contributed by atoms with Gasteiger partial charge < -0.3 is 20.9 Å². The molecule has 3 fully saturated rings. The Morgan fingerprint density at radius 3 is 2.50 bits per heavy atom. The number of halogens is 4. The van der Waals surface area contributed by atoms with Crippen molar-refractivity contribution in [1.82, 2.24) is 5.32 Å². The molecule has 1 aromatic rings. The molecule has 3 aliphatic rings. The van der Waals surface area contributed by atoms with E-state index in [1.165, 1.54) is 0 Å². The molecular formula is C17H20F4N2O3. The van der Waals surface area contributed by atoms with Gasteiger partial charge in [0, 0.05) is 17.1 Å². The lowest BCUT2D eigenvalue weighted by molar-refractivity contribution is -0.140. The lowest BCUT2D eigenvalue weighted by Crippen LogP contribution is -2.68. The molecule has 9 heteroatoms. The number of benzene rings is 1. The molecule has 144 valence electrons. The highest BCUT2D eigenvalue weighted by molar-refractivity contribution is 5.78. The average molecular weight is 376 g/mol. The van der Waals surface area contributed by atoms with E-state index < -0.39 is 47.3 Å². The summed E-state index contributed by atoms with van der Waals surface area (Å²) >= 11 is 0. The molecule has 26 heavy (non-hydrogen) atoms. The zero-order chi connectivity index (χ0) is 19.2. The van der Waals surface area contributed by atoms with Crippen molar-refractivity contribution >= 4 is 5.91 Å². The molecule has 0 aliphatic heterocycles. The molecule has 1 unspecified atom stereocenters. The van der Waals surface area contributed by atoms with Crippen LogP contribution in [0.25, 0.3) is 0 Å². The third kappa shape index (κ3) is 3.64. The standard InChI is InChI=1S/C17H20F4N2O3/c18-12-7-10(1-2-11(12)17(19,20)21)26-9-14(25)23-15-3-5-16(22,6-4-15)13(24)8-15/h1-2,7,13,24H,3-6,8-9,22H2,(H,23,25). The minimum Gasteiger partial charge on any atom is -0.484 e. The zero-order valence-corrected chi connectivity index (χ0v) is 13.9. The summed E-state index contributed by atoms with van der Waals surface area (Å²) in [4.78, 5) is 12.1. The first-order chi connectivity index (χ1) is 12.0. The molecule has 0 saturated heterocycles. The number of alkyl halides is 3. The van der Waals surface area contributed by atoms with Crippen LogP contribution >= 0.6 is 0 Å². The first kappa shape index (κ1) is 18.9. The second-order valence-corrected chi connectivity index (χ2v) is 7.21. The Balaban J connectivity index is 1.57. The summed E-state index contributed by atoms with van der Waals surface area (Å²) in [6.45, 7) is -0.462. The number of carbonyl (C=O) groups excluding carboxylic acids is 1. The van der Waals surface area contributed by atoms with Gasteiger partial charge in [0.15, 0.2) is 6.61 Å². The normalized spacial score (nSPS) is 30.9. The lowest BCUT2D eigenvalue weighted by Gasteiger charge is -2.54. The second-order valence-electron chi connectivity index (χ2n) is 7.21. The number of ether oxygens (including phenoxy) is 1. The van der Waals surface area contributed by atoms with Crippen LogP contribution in [0.2, 0.25) is 0 Å². The van der Waals surface area contributed by atoms with Gasteiger partial charge in [-0.25, -0.2) is 4.39 Å². The fourth-order valence-electron chi connectivity index (χ4n) is 3.78. The van der Waals surface area contributed by atoms with Gasteiger partial charge in [0.1, 0.15) is 11.6 Å². The monoisotopic (exact) mass is 376 g/mol. The number of nitrogens with two attached hydrogens (primary N) is 1. The maximum Gasteiger partial charge on any atom is 0.419 e. The van der Waals surface area contributed by atoms with Gasteiger partial charge in [-0.3, -0.25) is 4.79 Å². The molecular weight excluding hydrogens is 356 g/mol. The molecule has 0 aromatic heterocycles. The molecule has 2 bridgehead atoms. The highest BCUT2D eigenvalue weighted by atomic mass is 19.4. The Morgan fingerprint density at radius 1 is 1.31 bits per heavy atom. The number of rotatable bonds is 4. The van der Waals surface area contributed by atoms with Gasteiger partial charge in [0.25, 0.3) is 5.91 Å². The molecule has 5 nitrogen and oxygen atoms in total. The number of aliphatic hydroxyl groups excluding tert-OH is 1. The van der Waals surface area contributed by atoms with Crippen molar-refractivity contribution in [3.05, 3.63) is 29.6 Å². The van der Waals surface area contributed by atoms with Crippen LogP contribution in [0, 0.1) is 5.82 Å². The highest BCUT2D eigenvalue weighted by Gasteiger charge is 2.52. The van der Waals surface area contributed by atoms with Crippen molar-refractivity contribution in [2.24, 2.45) is 5.73 Å². The minimum atomic E-state index is -4.79. The Morgan fingerprint density at radius 2 is 1.96 bits per heavy atom. The van der Waals surface area contributed by atoms with E-state index >= 15 is 0 Å². The third-order valence-corrected chi connectivity index (χ3v) is 5.41. The van der Waals surface area contributed by atoms with E-state index in [-0.39, 0.29) is 5.75 Å². The van der Waals surface area contributed by atoms with Crippen molar-refractivity contribution in [1.29, 1.82) is 0 Å². The summed E-state index contributed by atoms with van der Waals surface area (Å²) in [5, 5.41) is 13.0. The Kier molecular flexibility index (Phi) is 4.64. The maximum atomic E-state index is 13.5. The molecule has 1 atom stereocenters. The van der Waals surface area contributed by atoms with E-state index in [0.29, 0.717) is 44.2 Å². The molecule has 3 saturated carbocycles. The van der Waals surface area contributed by atoms with Gasteiger partial charge in [-0.1, -0.05) is 0 Å². The second kappa shape index (κ2) is 6.38. The molecule has 4 rings (SSSR count). The smallest absolute Gasteiger partial charge is 0.419 e. The predicted molar refractivity (Wildman–Crippen MR) is 83.8 cm³/mol. The van der Waals surface area contributed by atoms with E-state index in [0.717, 1.165) is 6.07 Å². The molecule has 4 N–H and O–H groups in total. The number of amides is 1. The Bertz CT molecular complexity index is 700. The first-order valence-corrected chi connectivity index (χ1v) is 8.31. The van der Waals surface area contributed by atoms with Crippen molar-refractivity contribution < 1.29 is 32.2 Å². The molecule has 1 aromatic carbocycles. The number of nitrogens with one attached hydrogen (secondary N) is 1. The van der Waals surface area contributed by atoms with Crippen LogP contribution in [0.1, 0.15) is 37.7 Å².